The van der Waals surface area contributed by atoms with Crippen molar-refractivity contribution in [1.82, 2.24) is 4.90 Å². The van der Waals surface area contributed by atoms with Gasteiger partial charge in [0, 0.05) is 18.7 Å². The third-order valence-electron chi connectivity index (χ3n) is 3.99. The van der Waals surface area contributed by atoms with E-state index in [9.17, 15) is 4.79 Å². The molecule has 4 nitrogen and oxygen atoms in total. The van der Waals surface area contributed by atoms with Crippen LogP contribution in [0, 0.1) is 5.92 Å². The number of benzene rings is 1. The second-order valence-corrected chi connectivity index (χ2v) is 5.53. The number of carbonyl (C=O) groups excluding carboxylic acids is 1. The van der Waals surface area contributed by atoms with Crippen molar-refractivity contribution in [3.63, 3.8) is 0 Å². The van der Waals surface area contributed by atoms with Crippen molar-refractivity contribution < 1.29 is 4.79 Å². The number of nitrogens with one attached hydrogen (secondary N) is 1. The average Bonchev–Trinajstić information content (AvgIpc) is 2.48. The van der Waals surface area contributed by atoms with E-state index < -0.39 is 0 Å². The largest absolute Gasteiger partial charge is 0.330 e. The number of hydrogen-bond acceptors (Lipinski definition) is 3. The summed E-state index contributed by atoms with van der Waals surface area (Å²) in [6, 6.07) is 9.63. The average molecular weight is 275 g/mol. The smallest absolute Gasteiger partial charge is 0.225 e. The highest BCUT2D eigenvalue weighted by Gasteiger charge is 2.18. The van der Waals surface area contributed by atoms with Crippen LogP contribution >= 0.6 is 0 Å². The summed E-state index contributed by atoms with van der Waals surface area (Å²) in [5.74, 6) is 0.884. The number of amides is 1. The Morgan fingerprint density at radius 1 is 1.25 bits per heavy atom. The van der Waals surface area contributed by atoms with Gasteiger partial charge in [-0.15, -0.1) is 0 Å². The summed E-state index contributed by atoms with van der Waals surface area (Å²) in [6.07, 6.45) is 4.15. The van der Waals surface area contributed by atoms with Crippen LogP contribution in [0.25, 0.3) is 0 Å². The highest BCUT2D eigenvalue weighted by Crippen LogP contribution is 2.19. The fraction of sp³-hybridized carbons (Fsp3) is 0.562. The van der Waals surface area contributed by atoms with Gasteiger partial charge in [-0.2, -0.15) is 0 Å². The Morgan fingerprint density at radius 3 is 2.60 bits per heavy atom. The molecule has 1 heterocycles. The first kappa shape index (κ1) is 15.0. The summed E-state index contributed by atoms with van der Waals surface area (Å²) >= 11 is 0. The van der Waals surface area contributed by atoms with Gasteiger partial charge in [0.15, 0.2) is 0 Å². The van der Waals surface area contributed by atoms with Crippen molar-refractivity contribution in [2.24, 2.45) is 11.7 Å². The van der Waals surface area contributed by atoms with Crippen LogP contribution in [-0.4, -0.2) is 37.0 Å². The van der Waals surface area contributed by atoms with Gasteiger partial charge in [-0.25, -0.2) is 0 Å². The summed E-state index contributed by atoms with van der Waals surface area (Å²) in [6.45, 7) is 3.85. The number of likely N-dealkylation sites (tertiary alicyclic amines) is 1. The van der Waals surface area contributed by atoms with E-state index in [-0.39, 0.29) is 5.91 Å². The van der Waals surface area contributed by atoms with Crippen LogP contribution in [0.3, 0.4) is 0 Å². The molecule has 1 aromatic rings. The summed E-state index contributed by atoms with van der Waals surface area (Å²) in [4.78, 5) is 14.3. The minimum Gasteiger partial charge on any atom is -0.330 e. The Morgan fingerprint density at radius 2 is 1.95 bits per heavy atom. The molecule has 2 rings (SSSR count). The normalized spacial score (nSPS) is 17.1. The van der Waals surface area contributed by atoms with Crippen molar-refractivity contribution in [2.75, 3.05) is 31.5 Å². The first-order chi connectivity index (χ1) is 9.78. The van der Waals surface area contributed by atoms with E-state index in [0.29, 0.717) is 6.42 Å². The molecule has 1 saturated heterocycles. The maximum atomic E-state index is 11.9. The predicted octanol–water partition coefficient (Wildman–Crippen LogP) is 2.08. The fourth-order valence-corrected chi connectivity index (χ4v) is 2.74. The third kappa shape index (κ3) is 4.94. The molecular formula is C16H25N3O. The molecule has 3 N–H and O–H groups in total. The Hall–Kier alpha value is -1.39. The summed E-state index contributed by atoms with van der Waals surface area (Å²) in [5.41, 5.74) is 6.47. The van der Waals surface area contributed by atoms with Crippen LogP contribution in [0.2, 0.25) is 0 Å². The number of hydrogen-bond donors (Lipinski definition) is 2. The van der Waals surface area contributed by atoms with Gasteiger partial charge >= 0.3 is 0 Å². The van der Waals surface area contributed by atoms with Crippen molar-refractivity contribution in [3.8, 4) is 0 Å². The number of anilines is 1. The number of rotatable bonds is 6. The van der Waals surface area contributed by atoms with Crippen molar-refractivity contribution in [2.45, 2.75) is 25.7 Å². The van der Waals surface area contributed by atoms with Crippen molar-refractivity contribution >= 4 is 11.6 Å². The quantitative estimate of drug-likeness (QED) is 0.835. The van der Waals surface area contributed by atoms with Gasteiger partial charge in [-0.1, -0.05) is 18.2 Å². The van der Waals surface area contributed by atoms with E-state index in [1.54, 1.807) is 0 Å². The summed E-state index contributed by atoms with van der Waals surface area (Å²) < 4.78 is 0. The number of nitrogens with zero attached hydrogens (tertiary/aromatic N) is 1. The van der Waals surface area contributed by atoms with Gasteiger partial charge < -0.3 is 16.0 Å². The van der Waals surface area contributed by atoms with E-state index in [1.807, 2.05) is 30.3 Å². The van der Waals surface area contributed by atoms with E-state index in [1.165, 1.54) is 12.8 Å². The molecule has 20 heavy (non-hydrogen) atoms. The number of para-hydroxylation sites is 1. The van der Waals surface area contributed by atoms with Crippen LogP contribution in [-0.2, 0) is 4.79 Å². The molecule has 1 amide bonds. The SMILES string of the molecule is NCCC1CCN(CCC(=O)Nc2ccccc2)CC1. The Kier molecular flexibility index (Phi) is 6.02. The fourth-order valence-electron chi connectivity index (χ4n) is 2.74. The molecule has 4 heteroatoms. The molecule has 0 aliphatic carbocycles. The second kappa shape index (κ2) is 8.02. The summed E-state index contributed by atoms with van der Waals surface area (Å²) in [7, 11) is 0. The number of nitrogens with two attached hydrogens (primary N) is 1. The van der Waals surface area contributed by atoms with Gasteiger partial charge in [-0.3, -0.25) is 4.79 Å². The molecule has 1 aliphatic rings. The topological polar surface area (TPSA) is 58.4 Å². The Labute approximate surface area is 121 Å². The molecule has 1 aromatic carbocycles. The zero-order valence-corrected chi connectivity index (χ0v) is 12.1. The lowest BCUT2D eigenvalue weighted by molar-refractivity contribution is -0.116. The van der Waals surface area contributed by atoms with Crippen LogP contribution < -0.4 is 11.1 Å². The van der Waals surface area contributed by atoms with Gasteiger partial charge in [-0.05, 0) is 56.9 Å². The maximum Gasteiger partial charge on any atom is 0.225 e. The number of carbonyl (C=O) groups is 1. The Balaban J connectivity index is 1.64. The molecule has 0 unspecified atom stereocenters. The molecule has 1 fully saturated rings. The molecule has 0 radical (unpaired) electrons. The third-order valence-corrected chi connectivity index (χ3v) is 3.99. The first-order valence-corrected chi connectivity index (χ1v) is 7.55. The lowest BCUT2D eigenvalue weighted by atomic mass is 9.93. The molecule has 1 aliphatic heterocycles. The molecule has 0 saturated carbocycles. The minimum absolute atomic E-state index is 0.0975. The van der Waals surface area contributed by atoms with Crippen LogP contribution in [0.1, 0.15) is 25.7 Å². The van der Waals surface area contributed by atoms with Crippen LogP contribution in [0.4, 0.5) is 5.69 Å². The van der Waals surface area contributed by atoms with Gasteiger partial charge in [0.25, 0.3) is 0 Å². The Bertz CT molecular complexity index is 399. The zero-order valence-electron chi connectivity index (χ0n) is 12.1. The standard InChI is InChI=1S/C16H25N3O/c17-10-6-14-7-11-19(12-8-14)13-9-16(20)18-15-4-2-1-3-5-15/h1-5,14H,6-13,17H2,(H,18,20). The highest BCUT2D eigenvalue weighted by molar-refractivity contribution is 5.90. The highest BCUT2D eigenvalue weighted by atomic mass is 16.1. The molecule has 110 valence electrons. The predicted molar refractivity (Wildman–Crippen MR) is 82.5 cm³/mol. The van der Waals surface area contributed by atoms with E-state index in [0.717, 1.165) is 44.2 Å². The molecule has 0 atom stereocenters. The lowest BCUT2D eigenvalue weighted by Gasteiger charge is -2.31. The van der Waals surface area contributed by atoms with Gasteiger partial charge in [0.1, 0.15) is 0 Å². The van der Waals surface area contributed by atoms with Crippen LogP contribution in [0.5, 0.6) is 0 Å². The monoisotopic (exact) mass is 275 g/mol. The summed E-state index contributed by atoms with van der Waals surface area (Å²) in [5, 5.41) is 2.93. The minimum atomic E-state index is 0.0975. The first-order valence-electron chi connectivity index (χ1n) is 7.55. The lowest BCUT2D eigenvalue weighted by Crippen LogP contribution is -2.36. The second-order valence-electron chi connectivity index (χ2n) is 5.53. The number of piperidine rings is 1. The molecular weight excluding hydrogens is 250 g/mol. The molecule has 0 spiro atoms. The molecule has 0 bridgehead atoms. The van der Waals surface area contributed by atoms with E-state index >= 15 is 0 Å². The van der Waals surface area contributed by atoms with E-state index in [4.69, 9.17) is 5.73 Å². The van der Waals surface area contributed by atoms with E-state index in [2.05, 4.69) is 10.2 Å². The zero-order chi connectivity index (χ0) is 14.2. The van der Waals surface area contributed by atoms with Gasteiger partial charge in [0.05, 0.1) is 0 Å². The van der Waals surface area contributed by atoms with Crippen LogP contribution in [0.15, 0.2) is 30.3 Å². The maximum absolute atomic E-state index is 11.9. The van der Waals surface area contributed by atoms with Crippen molar-refractivity contribution in [1.29, 1.82) is 0 Å². The molecule has 0 aromatic heterocycles. The van der Waals surface area contributed by atoms with Crippen molar-refractivity contribution in [3.05, 3.63) is 30.3 Å². The van der Waals surface area contributed by atoms with Gasteiger partial charge in [0.2, 0.25) is 5.91 Å².